The van der Waals surface area contributed by atoms with Crippen molar-refractivity contribution in [3.8, 4) is 0 Å². The molecule has 6 heteroatoms. The quantitative estimate of drug-likeness (QED) is 0.780. The van der Waals surface area contributed by atoms with Gasteiger partial charge in [0.15, 0.2) is 0 Å². The molecule has 0 aliphatic rings. The number of carbonyl (C=O) groups is 2. The third-order valence-electron chi connectivity index (χ3n) is 3.75. The second-order valence-corrected chi connectivity index (χ2v) is 5.57. The second-order valence-electron chi connectivity index (χ2n) is 5.57. The maximum absolute atomic E-state index is 12.9. The van der Waals surface area contributed by atoms with Gasteiger partial charge in [0, 0.05) is 18.4 Å². The van der Waals surface area contributed by atoms with Crippen molar-refractivity contribution in [2.45, 2.75) is 0 Å². The first-order chi connectivity index (χ1) is 12.5. The molecule has 5 nitrogen and oxygen atoms in total. The number of pyridine rings is 1. The fourth-order valence-corrected chi connectivity index (χ4v) is 2.35. The summed E-state index contributed by atoms with van der Waals surface area (Å²) >= 11 is 0. The van der Waals surface area contributed by atoms with E-state index in [1.165, 1.54) is 35.2 Å². The predicted molar refractivity (Wildman–Crippen MR) is 97.8 cm³/mol. The number of rotatable bonds is 4. The molecule has 1 heterocycles. The van der Waals surface area contributed by atoms with E-state index >= 15 is 0 Å². The van der Waals surface area contributed by atoms with Crippen LogP contribution in [-0.4, -0.2) is 23.8 Å². The van der Waals surface area contributed by atoms with E-state index in [0.29, 0.717) is 5.69 Å². The van der Waals surface area contributed by atoms with Crippen molar-refractivity contribution in [3.05, 3.63) is 90.0 Å². The molecule has 0 atom stereocenters. The topological polar surface area (TPSA) is 62.3 Å². The Kier molecular flexibility index (Phi) is 5.03. The Labute approximate surface area is 150 Å². The number of carbonyl (C=O) groups excluding carboxylic acids is 2. The van der Waals surface area contributed by atoms with Crippen molar-refractivity contribution in [1.29, 1.82) is 0 Å². The smallest absolute Gasteiger partial charge is 0.276 e. The average Bonchev–Trinajstić information content (AvgIpc) is 2.69. The highest BCUT2D eigenvalue weighted by atomic mass is 19.1. The van der Waals surface area contributed by atoms with Gasteiger partial charge < -0.3 is 10.2 Å². The molecule has 1 N–H and O–H groups in total. The lowest BCUT2D eigenvalue weighted by atomic mass is 10.2. The van der Waals surface area contributed by atoms with E-state index in [1.54, 1.807) is 19.2 Å². The van der Waals surface area contributed by atoms with Gasteiger partial charge in [-0.25, -0.2) is 9.37 Å². The van der Waals surface area contributed by atoms with E-state index in [1.807, 2.05) is 30.3 Å². The zero-order valence-electron chi connectivity index (χ0n) is 14.0. The van der Waals surface area contributed by atoms with Crippen LogP contribution in [0.5, 0.6) is 0 Å². The molecule has 3 aromatic rings. The predicted octanol–water partition coefficient (Wildman–Crippen LogP) is 3.75. The van der Waals surface area contributed by atoms with Crippen LogP contribution in [0.4, 0.5) is 15.8 Å². The summed E-state index contributed by atoms with van der Waals surface area (Å²) in [6.07, 6.45) is 0. The van der Waals surface area contributed by atoms with E-state index in [4.69, 9.17) is 0 Å². The summed E-state index contributed by atoms with van der Waals surface area (Å²) in [5, 5.41) is 2.62. The molecule has 130 valence electrons. The Morgan fingerprint density at radius 3 is 2.23 bits per heavy atom. The number of para-hydroxylation sites is 1. The molecule has 26 heavy (non-hydrogen) atoms. The van der Waals surface area contributed by atoms with E-state index in [2.05, 4.69) is 10.3 Å². The van der Waals surface area contributed by atoms with Crippen LogP contribution in [0.3, 0.4) is 0 Å². The van der Waals surface area contributed by atoms with Crippen LogP contribution in [0, 0.1) is 5.82 Å². The minimum Gasteiger partial charge on any atom is -0.321 e. The first kappa shape index (κ1) is 17.3. The molecule has 0 radical (unpaired) electrons. The van der Waals surface area contributed by atoms with Crippen molar-refractivity contribution in [2.24, 2.45) is 0 Å². The summed E-state index contributed by atoms with van der Waals surface area (Å²) in [5.41, 5.74) is 1.42. The van der Waals surface area contributed by atoms with Gasteiger partial charge in [-0.2, -0.15) is 0 Å². The lowest BCUT2D eigenvalue weighted by Gasteiger charge is -2.17. The molecule has 0 saturated heterocycles. The summed E-state index contributed by atoms with van der Waals surface area (Å²) in [5.74, 6) is -1.20. The number of hydrogen-bond acceptors (Lipinski definition) is 3. The largest absolute Gasteiger partial charge is 0.321 e. The van der Waals surface area contributed by atoms with Gasteiger partial charge in [0.2, 0.25) is 0 Å². The van der Waals surface area contributed by atoms with E-state index in [-0.39, 0.29) is 17.3 Å². The number of aromatic nitrogens is 1. The molecule has 0 spiro atoms. The number of hydrogen-bond donors (Lipinski definition) is 1. The molecular weight excluding hydrogens is 333 g/mol. The average molecular weight is 349 g/mol. The van der Waals surface area contributed by atoms with Crippen LogP contribution < -0.4 is 10.2 Å². The summed E-state index contributed by atoms with van der Waals surface area (Å²) in [6.45, 7) is 0. The van der Waals surface area contributed by atoms with Gasteiger partial charge in [-0.3, -0.25) is 9.59 Å². The fourth-order valence-electron chi connectivity index (χ4n) is 2.35. The van der Waals surface area contributed by atoms with Crippen LogP contribution in [-0.2, 0) is 0 Å². The zero-order chi connectivity index (χ0) is 18.5. The number of nitrogens with one attached hydrogen (secondary N) is 1. The van der Waals surface area contributed by atoms with Crippen molar-refractivity contribution in [3.63, 3.8) is 0 Å². The molecular formula is C20H16FN3O2. The molecule has 0 fully saturated rings. The molecule has 0 aliphatic heterocycles. The van der Waals surface area contributed by atoms with Gasteiger partial charge in [0.25, 0.3) is 11.8 Å². The van der Waals surface area contributed by atoms with E-state index in [9.17, 15) is 14.0 Å². The summed E-state index contributed by atoms with van der Waals surface area (Å²) in [7, 11) is 1.64. The first-order valence-corrected chi connectivity index (χ1v) is 7.91. The lowest BCUT2D eigenvalue weighted by molar-refractivity contribution is 0.0988. The number of halogens is 1. The fraction of sp³-hybridized carbons (Fsp3) is 0.0500. The third-order valence-corrected chi connectivity index (χ3v) is 3.75. The number of amides is 2. The Morgan fingerprint density at radius 2 is 1.54 bits per heavy atom. The van der Waals surface area contributed by atoms with Gasteiger partial charge in [-0.05, 0) is 48.5 Å². The number of anilines is 2. The highest BCUT2D eigenvalue weighted by Crippen LogP contribution is 2.15. The van der Waals surface area contributed by atoms with Crippen molar-refractivity contribution >= 4 is 23.2 Å². The molecule has 1 aromatic heterocycles. The van der Waals surface area contributed by atoms with Gasteiger partial charge in [0.1, 0.15) is 17.2 Å². The number of nitrogens with zero attached hydrogens (tertiary/aromatic N) is 2. The summed E-state index contributed by atoms with van der Waals surface area (Å²) in [4.78, 5) is 30.5. The Hall–Kier alpha value is -3.54. The van der Waals surface area contributed by atoms with Gasteiger partial charge in [-0.1, -0.05) is 24.3 Å². The maximum Gasteiger partial charge on any atom is 0.276 e. The van der Waals surface area contributed by atoms with Gasteiger partial charge in [0.05, 0.1) is 0 Å². The second kappa shape index (κ2) is 7.57. The van der Waals surface area contributed by atoms with E-state index < -0.39 is 11.7 Å². The molecule has 3 rings (SSSR count). The molecule has 2 amide bonds. The van der Waals surface area contributed by atoms with Crippen LogP contribution in [0.1, 0.15) is 21.0 Å². The Bertz CT molecular complexity index is 927. The third kappa shape index (κ3) is 3.92. The van der Waals surface area contributed by atoms with Crippen LogP contribution >= 0.6 is 0 Å². The van der Waals surface area contributed by atoms with Crippen LogP contribution in [0.15, 0.2) is 72.8 Å². The normalized spacial score (nSPS) is 10.2. The highest BCUT2D eigenvalue weighted by molar-refractivity contribution is 6.06. The van der Waals surface area contributed by atoms with Crippen molar-refractivity contribution < 1.29 is 14.0 Å². The molecule has 0 saturated carbocycles. The summed E-state index contributed by atoms with van der Waals surface area (Å²) in [6, 6.07) is 19.2. The van der Waals surface area contributed by atoms with E-state index in [0.717, 1.165) is 5.69 Å². The minimum absolute atomic E-state index is 0.0987. The molecule has 0 unspecified atom stereocenters. The monoisotopic (exact) mass is 349 g/mol. The highest BCUT2D eigenvalue weighted by Gasteiger charge is 2.17. The van der Waals surface area contributed by atoms with Crippen LogP contribution in [0.2, 0.25) is 0 Å². The molecule has 0 aliphatic carbocycles. The first-order valence-electron chi connectivity index (χ1n) is 7.91. The molecule has 0 bridgehead atoms. The molecule has 2 aromatic carbocycles. The Balaban J connectivity index is 1.78. The Morgan fingerprint density at radius 1 is 0.885 bits per heavy atom. The van der Waals surface area contributed by atoms with Crippen molar-refractivity contribution in [2.75, 3.05) is 17.3 Å². The summed E-state index contributed by atoms with van der Waals surface area (Å²) < 4.78 is 12.9. The van der Waals surface area contributed by atoms with Crippen molar-refractivity contribution in [1.82, 2.24) is 4.98 Å². The van der Waals surface area contributed by atoms with Gasteiger partial charge in [-0.15, -0.1) is 0 Å². The zero-order valence-corrected chi connectivity index (χ0v) is 14.0. The number of benzene rings is 2. The van der Waals surface area contributed by atoms with Crippen LogP contribution in [0.25, 0.3) is 0 Å². The lowest BCUT2D eigenvalue weighted by Crippen LogP contribution is -2.27. The maximum atomic E-state index is 12.9. The minimum atomic E-state index is -0.478. The van der Waals surface area contributed by atoms with Gasteiger partial charge >= 0.3 is 0 Å². The standard InChI is InChI=1S/C20H16FN3O2/c1-24(16-6-3-2-4-7-16)20(26)18-9-5-8-17(23-18)19(25)22-15-12-10-14(21)11-13-15/h2-13H,1H3,(H,22,25). The SMILES string of the molecule is CN(C(=O)c1cccc(C(=O)Nc2ccc(F)cc2)n1)c1ccccc1.